The van der Waals surface area contributed by atoms with Crippen LogP contribution in [0.5, 0.6) is 5.75 Å². The average molecular weight is 380 g/mol. The molecule has 1 saturated heterocycles. The van der Waals surface area contributed by atoms with Crippen LogP contribution in [-0.2, 0) is 11.2 Å². The van der Waals surface area contributed by atoms with Gasteiger partial charge in [-0.15, -0.1) is 0 Å². The fourth-order valence-electron chi connectivity index (χ4n) is 4.39. The van der Waals surface area contributed by atoms with Gasteiger partial charge in [-0.05, 0) is 43.5 Å². The number of hydrogen-bond donors (Lipinski definition) is 0. The number of carbonyl (C=O) groups is 1. The van der Waals surface area contributed by atoms with E-state index >= 15 is 0 Å². The van der Waals surface area contributed by atoms with E-state index in [0.29, 0.717) is 0 Å². The van der Waals surface area contributed by atoms with Crippen LogP contribution in [0.1, 0.15) is 18.9 Å². The molecule has 0 radical (unpaired) electrons. The molecule has 5 nitrogen and oxygen atoms in total. The van der Waals surface area contributed by atoms with E-state index < -0.39 is 0 Å². The van der Waals surface area contributed by atoms with Crippen molar-refractivity contribution in [2.75, 3.05) is 49.6 Å². The Balaban J connectivity index is 1.42. The highest BCUT2D eigenvalue weighted by Crippen LogP contribution is 2.30. The van der Waals surface area contributed by atoms with Crippen molar-refractivity contribution in [3.05, 3.63) is 54.1 Å². The van der Waals surface area contributed by atoms with Crippen LogP contribution in [-0.4, -0.2) is 56.7 Å². The summed E-state index contributed by atoms with van der Waals surface area (Å²) in [5, 5.41) is 0. The molecule has 28 heavy (non-hydrogen) atoms. The molecule has 1 atom stereocenters. The summed E-state index contributed by atoms with van der Waals surface area (Å²) in [6.45, 7) is 6.42. The topological polar surface area (TPSA) is 36.0 Å². The molecule has 148 valence electrons. The number of carbonyl (C=O) groups excluding carboxylic acids is 1. The Morgan fingerprint density at radius 1 is 0.929 bits per heavy atom. The van der Waals surface area contributed by atoms with Crippen molar-refractivity contribution in [3.63, 3.8) is 0 Å². The Bertz CT molecular complexity index is 830. The summed E-state index contributed by atoms with van der Waals surface area (Å²) in [5.41, 5.74) is 3.52. The number of amides is 1. The highest BCUT2D eigenvalue weighted by molar-refractivity contribution is 5.98. The van der Waals surface area contributed by atoms with Crippen molar-refractivity contribution < 1.29 is 9.53 Å². The number of piperazine rings is 1. The second kappa shape index (κ2) is 8.23. The molecule has 4 rings (SSSR count). The fraction of sp³-hybridized carbons (Fsp3) is 0.435. The minimum Gasteiger partial charge on any atom is -0.495 e. The zero-order valence-corrected chi connectivity index (χ0v) is 16.8. The Morgan fingerprint density at radius 2 is 1.61 bits per heavy atom. The number of aryl methyl sites for hydroxylation is 1. The molecule has 5 heteroatoms. The van der Waals surface area contributed by atoms with Crippen molar-refractivity contribution in [1.29, 1.82) is 0 Å². The lowest BCUT2D eigenvalue weighted by molar-refractivity contribution is -0.123. The maximum atomic E-state index is 13.3. The van der Waals surface area contributed by atoms with Gasteiger partial charge in [-0.1, -0.05) is 30.3 Å². The van der Waals surface area contributed by atoms with Crippen LogP contribution in [0.2, 0.25) is 0 Å². The minimum absolute atomic E-state index is 0.106. The van der Waals surface area contributed by atoms with E-state index in [1.807, 2.05) is 29.2 Å². The van der Waals surface area contributed by atoms with E-state index in [2.05, 4.69) is 41.0 Å². The lowest BCUT2D eigenvalue weighted by Crippen LogP contribution is -2.55. The molecular weight excluding hydrogens is 350 g/mol. The van der Waals surface area contributed by atoms with Crippen LogP contribution in [0.4, 0.5) is 11.4 Å². The molecule has 2 aromatic rings. The van der Waals surface area contributed by atoms with E-state index in [4.69, 9.17) is 4.74 Å². The highest BCUT2D eigenvalue weighted by atomic mass is 16.5. The van der Waals surface area contributed by atoms with Gasteiger partial charge in [0.1, 0.15) is 5.75 Å². The van der Waals surface area contributed by atoms with Crippen LogP contribution >= 0.6 is 0 Å². The first-order valence-corrected chi connectivity index (χ1v) is 10.2. The van der Waals surface area contributed by atoms with Crippen molar-refractivity contribution >= 4 is 17.3 Å². The molecule has 2 aliphatic rings. The van der Waals surface area contributed by atoms with Crippen LogP contribution in [0.25, 0.3) is 0 Å². The van der Waals surface area contributed by atoms with E-state index in [1.165, 1.54) is 5.56 Å². The van der Waals surface area contributed by atoms with Gasteiger partial charge in [0.15, 0.2) is 0 Å². The van der Waals surface area contributed by atoms with Gasteiger partial charge in [-0.3, -0.25) is 9.69 Å². The number of ether oxygens (including phenoxy) is 1. The lowest BCUT2D eigenvalue weighted by Gasteiger charge is -2.41. The van der Waals surface area contributed by atoms with Gasteiger partial charge in [0, 0.05) is 38.4 Å². The van der Waals surface area contributed by atoms with Crippen LogP contribution in [0.15, 0.2) is 48.5 Å². The molecule has 0 aromatic heterocycles. The summed E-state index contributed by atoms with van der Waals surface area (Å²) in [7, 11) is 1.71. The normalized spacial score (nSPS) is 18.5. The quantitative estimate of drug-likeness (QED) is 0.817. The monoisotopic (exact) mass is 379 g/mol. The second-order valence-electron chi connectivity index (χ2n) is 7.59. The molecule has 0 N–H and O–H groups in total. The number of fused-ring (bicyclic) bond motifs is 1. The summed E-state index contributed by atoms with van der Waals surface area (Å²) in [6, 6.07) is 16.4. The summed E-state index contributed by atoms with van der Waals surface area (Å²) < 4.78 is 5.51. The molecule has 2 heterocycles. The molecule has 1 amide bonds. The number of para-hydroxylation sites is 3. The van der Waals surface area contributed by atoms with Crippen molar-refractivity contribution in [1.82, 2.24) is 4.90 Å². The Kier molecular flexibility index (Phi) is 5.53. The van der Waals surface area contributed by atoms with Crippen LogP contribution in [0, 0.1) is 0 Å². The Labute approximate surface area is 167 Å². The van der Waals surface area contributed by atoms with Gasteiger partial charge in [-0.2, -0.15) is 0 Å². The predicted molar refractivity (Wildman–Crippen MR) is 113 cm³/mol. The third-order valence-corrected chi connectivity index (χ3v) is 6.02. The number of anilines is 2. The van der Waals surface area contributed by atoms with Crippen molar-refractivity contribution in [3.8, 4) is 5.75 Å². The van der Waals surface area contributed by atoms with Gasteiger partial charge in [-0.25, -0.2) is 0 Å². The largest absolute Gasteiger partial charge is 0.495 e. The number of methoxy groups -OCH3 is 1. The molecule has 0 saturated carbocycles. The van der Waals surface area contributed by atoms with E-state index in [1.54, 1.807) is 7.11 Å². The second-order valence-corrected chi connectivity index (χ2v) is 7.59. The van der Waals surface area contributed by atoms with E-state index in [-0.39, 0.29) is 11.9 Å². The van der Waals surface area contributed by atoms with Gasteiger partial charge < -0.3 is 14.5 Å². The van der Waals surface area contributed by atoms with Crippen LogP contribution in [0.3, 0.4) is 0 Å². The first-order valence-electron chi connectivity index (χ1n) is 10.2. The Morgan fingerprint density at radius 3 is 2.36 bits per heavy atom. The van der Waals surface area contributed by atoms with Gasteiger partial charge >= 0.3 is 0 Å². The Hall–Kier alpha value is -2.53. The fourth-order valence-corrected chi connectivity index (χ4v) is 4.39. The smallest absolute Gasteiger partial charge is 0.244 e. The molecule has 2 aliphatic heterocycles. The summed E-state index contributed by atoms with van der Waals surface area (Å²) >= 11 is 0. The SMILES string of the molecule is COc1ccccc1N1CCN([C@H](C)C(=O)N2CCCc3ccccc32)CC1. The van der Waals surface area contributed by atoms with Gasteiger partial charge in [0.25, 0.3) is 0 Å². The molecular formula is C23H29N3O2. The van der Waals surface area contributed by atoms with E-state index in [0.717, 1.165) is 62.7 Å². The maximum Gasteiger partial charge on any atom is 0.244 e. The third kappa shape index (κ3) is 3.59. The first-order chi connectivity index (χ1) is 13.7. The zero-order valence-electron chi connectivity index (χ0n) is 16.8. The third-order valence-electron chi connectivity index (χ3n) is 6.02. The summed E-state index contributed by atoms with van der Waals surface area (Å²) in [4.78, 5) is 19.9. The minimum atomic E-state index is -0.106. The number of benzene rings is 2. The summed E-state index contributed by atoms with van der Waals surface area (Å²) in [6.07, 6.45) is 2.10. The maximum absolute atomic E-state index is 13.3. The van der Waals surface area contributed by atoms with Gasteiger partial charge in [0.05, 0.1) is 18.8 Å². The zero-order chi connectivity index (χ0) is 19.5. The van der Waals surface area contributed by atoms with Crippen LogP contribution < -0.4 is 14.5 Å². The standard InChI is InChI=1S/C23H29N3O2/c1-18(23(27)26-13-7-9-19-8-3-4-10-20(19)26)24-14-16-25(17-15-24)21-11-5-6-12-22(21)28-2/h3-6,8,10-12,18H,7,9,13-17H2,1-2H3/t18-/m1/s1. The predicted octanol–water partition coefficient (Wildman–Crippen LogP) is 3.19. The molecule has 2 aromatic carbocycles. The molecule has 1 fully saturated rings. The van der Waals surface area contributed by atoms with E-state index in [9.17, 15) is 4.79 Å². The average Bonchev–Trinajstić information content (AvgIpc) is 2.77. The molecule has 0 aliphatic carbocycles. The number of nitrogens with zero attached hydrogens (tertiary/aromatic N) is 3. The van der Waals surface area contributed by atoms with Crippen molar-refractivity contribution in [2.24, 2.45) is 0 Å². The van der Waals surface area contributed by atoms with Crippen molar-refractivity contribution in [2.45, 2.75) is 25.8 Å². The highest BCUT2D eigenvalue weighted by Gasteiger charge is 2.31. The molecule has 0 spiro atoms. The number of hydrogen-bond acceptors (Lipinski definition) is 4. The lowest BCUT2D eigenvalue weighted by atomic mass is 10.0. The molecule has 0 bridgehead atoms. The van der Waals surface area contributed by atoms with Gasteiger partial charge in [0.2, 0.25) is 5.91 Å². The number of rotatable bonds is 4. The molecule has 0 unspecified atom stereocenters. The first kappa shape index (κ1) is 18.8. The summed E-state index contributed by atoms with van der Waals surface area (Å²) in [5.74, 6) is 1.13.